The molecule has 90 valence electrons. The van der Waals surface area contributed by atoms with E-state index in [2.05, 4.69) is 14.9 Å². The van der Waals surface area contributed by atoms with E-state index in [1.165, 1.54) is 12.6 Å². The summed E-state index contributed by atoms with van der Waals surface area (Å²) in [4.78, 5) is 0.249. The second-order valence-corrected chi connectivity index (χ2v) is 6.14. The van der Waals surface area contributed by atoms with Crippen LogP contribution in [0.1, 0.15) is 31.9 Å². The molecule has 2 rings (SSSR count). The molecular weight excluding hydrogens is 226 g/mol. The number of aromatic amines is 1. The Balaban J connectivity index is 2.11. The van der Waals surface area contributed by atoms with E-state index in [0.717, 1.165) is 12.8 Å². The molecule has 0 radical (unpaired) electrons. The Bertz CT molecular complexity index is 462. The average Bonchev–Trinajstić information content (AvgIpc) is 2.46. The molecule has 0 bridgehead atoms. The van der Waals surface area contributed by atoms with Crippen molar-refractivity contribution in [3.63, 3.8) is 0 Å². The lowest BCUT2D eigenvalue weighted by atomic mass is 9.81. The first-order valence-electron chi connectivity index (χ1n) is 5.53. The molecule has 0 aromatic carbocycles. The van der Waals surface area contributed by atoms with Gasteiger partial charge in [0.1, 0.15) is 4.90 Å². The van der Waals surface area contributed by atoms with Crippen LogP contribution in [-0.2, 0) is 10.0 Å². The van der Waals surface area contributed by atoms with Crippen LogP contribution in [0.2, 0.25) is 0 Å². The maximum atomic E-state index is 12.0. The minimum atomic E-state index is -3.41. The van der Waals surface area contributed by atoms with Crippen LogP contribution in [0.15, 0.2) is 11.1 Å². The molecule has 0 saturated heterocycles. The Morgan fingerprint density at radius 1 is 1.56 bits per heavy atom. The number of nitrogens with zero attached hydrogens (tertiary/aromatic N) is 1. The van der Waals surface area contributed by atoms with Gasteiger partial charge in [0.2, 0.25) is 10.0 Å². The van der Waals surface area contributed by atoms with Gasteiger partial charge < -0.3 is 0 Å². The third-order valence-electron chi connectivity index (χ3n) is 3.27. The zero-order chi connectivity index (χ0) is 11.8. The van der Waals surface area contributed by atoms with E-state index in [4.69, 9.17) is 0 Å². The second-order valence-electron chi connectivity index (χ2n) is 4.46. The van der Waals surface area contributed by atoms with Crippen LogP contribution in [0.5, 0.6) is 0 Å². The molecule has 1 atom stereocenters. The van der Waals surface area contributed by atoms with Crippen LogP contribution in [-0.4, -0.2) is 24.7 Å². The summed E-state index contributed by atoms with van der Waals surface area (Å²) in [5, 5.41) is 6.37. The number of sulfonamides is 1. The van der Waals surface area contributed by atoms with Crippen LogP contribution in [0.25, 0.3) is 0 Å². The Labute approximate surface area is 95.7 Å². The van der Waals surface area contributed by atoms with Gasteiger partial charge in [0.05, 0.1) is 11.9 Å². The Morgan fingerprint density at radius 3 is 2.69 bits per heavy atom. The summed E-state index contributed by atoms with van der Waals surface area (Å²) in [5.41, 5.74) is 0.577. The van der Waals surface area contributed by atoms with E-state index in [9.17, 15) is 8.42 Å². The predicted octanol–water partition coefficient (Wildman–Crippen LogP) is 1.19. The number of hydrogen-bond donors (Lipinski definition) is 2. The molecule has 0 amide bonds. The summed E-state index contributed by atoms with van der Waals surface area (Å²) in [7, 11) is -3.41. The number of aromatic nitrogens is 2. The molecule has 1 aliphatic rings. The van der Waals surface area contributed by atoms with Gasteiger partial charge in [-0.25, -0.2) is 13.1 Å². The average molecular weight is 243 g/mol. The monoisotopic (exact) mass is 243 g/mol. The van der Waals surface area contributed by atoms with E-state index in [0.29, 0.717) is 11.6 Å². The third kappa shape index (κ3) is 2.12. The van der Waals surface area contributed by atoms with Gasteiger partial charge in [-0.3, -0.25) is 5.10 Å². The topological polar surface area (TPSA) is 74.8 Å². The zero-order valence-electron chi connectivity index (χ0n) is 9.53. The smallest absolute Gasteiger partial charge is 0.244 e. The molecule has 2 N–H and O–H groups in total. The van der Waals surface area contributed by atoms with Gasteiger partial charge in [0.25, 0.3) is 0 Å². The second kappa shape index (κ2) is 4.18. The minimum absolute atomic E-state index is 0.00745. The van der Waals surface area contributed by atoms with Gasteiger partial charge in [-0.1, -0.05) is 6.42 Å². The molecule has 1 saturated carbocycles. The van der Waals surface area contributed by atoms with Gasteiger partial charge in [0.15, 0.2) is 0 Å². The van der Waals surface area contributed by atoms with E-state index in [-0.39, 0.29) is 10.9 Å². The summed E-state index contributed by atoms with van der Waals surface area (Å²) in [6.45, 7) is 3.63. The van der Waals surface area contributed by atoms with Crippen molar-refractivity contribution in [2.45, 2.75) is 44.0 Å². The first-order chi connectivity index (χ1) is 7.50. The van der Waals surface area contributed by atoms with Crippen molar-refractivity contribution in [2.24, 2.45) is 5.92 Å². The maximum absolute atomic E-state index is 12.0. The summed E-state index contributed by atoms with van der Waals surface area (Å²) >= 11 is 0. The van der Waals surface area contributed by atoms with Crippen LogP contribution in [0, 0.1) is 12.8 Å². The Hall–Kier alpha value is -0.880. The lowest BCUT2D eigenvalue weighted by Crippen LogP contribution is -2.40. The molecule has 6 heteroatoms. The van der Waals surface area contributed by atoms with Crippen molar-refractivity contribution < 1.29 is 8.42 Å². The third-order valence-corrected chi connectivity index (χ3v) is 4.94. The van der Waals surface area contributed by atoms with Crippen LogP contribution >= 0.6 is 0 Å². The van der Waals surface area contributed by atoms with E-state index in [1.807, 2.05) is 6.92 Å². The van der Waals surface area contributed by atoms with Gasteiger partial charge >= 0.3 is 0 Å². The van der Waals surface area contributed by atoms with Gasteiger partial charge in [-0.2, -0.15) is 5.10 Å². The van der Waals surface area contributed by atoms with Crippen molar-refractivity contribution in [2.75, 3.05) is 0 Å². The van der Waals surface area contributed by atoms with E-state index in [1.54, 1.807) is 6.92 Å². The molecule has 1 aromatic heterocycles. The molecule has 1 aromatic rings. The van der Waals surface area contributed by atoms with Gasteiger partial charge in [-0.05, 0) is 32.6 Å². The molecule has 0 aliphatic heterocycles. The molecule has 16 heavy (non-hydrogen) atoms. The summed E-state index contributed by atoms with van der Waals surface area (Å²) in [5.74, 6) is 0.488. The van der Waals surface area contributed by atoms with Crippen molar-refractivity contribution in [3.05, 3.63) is 11.9 Å². The minimum Gasteiger partial charge on any atom is -0.281 e. The van der Waals surface area contributed by atoms with Crippen molar-refractivity contribution in [1.29, 1.82) is 0 Å². The highest BCUT2D eigenvalue weighted by atomic mass is 32.2. The fourth-order valence-corrected chi connectivity index (χ4v) is 3.40. The number of aryl methyl sites for hydroxylation is 1. The highest BCUT2D eigenvalue weighted by Crippen LogP contribution is 2.30. The van der Waals surface area contributed by atoms with Gasteiger partial charge in [0, 0.05) is 6.04 Å². The van der Waals surface area contributed by atoms with E-state index < -0.39 is 10.0 Å². The Morgan fingerprint density at radius 2 is 2.25 bits per heavy atom. The molecule has 1 heterocycles. The summed E-state index contributed by atoms with van der Waals surface area (Å²) < 4.78 is 26.7. The van der Waals surface area contributed by atoms with E-state index >= 15 is 0 Å². The largest absolute Gasteiger partial charge is 0.281 e. The summed E-state index contributed by atoms with van der Waals surface area (Å²) in [6.07, 6.45) is 4.80. The summed E-state index contributed by atoms with van der Waals surface area (Å²) in [6, 6.07) is 0.00745. The lowest BCUT2D eigenvalue weighted by molar-refractivity contribution is 0.260. The first-order valence-corrected chi connectivity index (χ1v) is 7.01. The van der Waals surface area contributed by atoms with Crippen molar-refractivity contribution >= 4 is 10.0 Å². The van der Waals surface area contributed by atoms with Crippen molar-refractivity contribution in [1.82, 2.24) is 14.9 Å². The fraction of sp³-hybridized carbons (Fsp3) is 0.700. The molecule has 1 unspecified atom stereocenters. The molecule has 1 fully saturated rings. The number of H-pyrrole nitrogens is 1. The normalized spacial score (nSPS) is 19.4. The number of hydrogen-bond acceptors (Lipinski definition) is 3. The molecule has 0 spiro atoms. The molecule has 1 aliphatic carbocycles. The number of nitrogens with one attached hydrogen (secondary N) is 2. The van der Waals surface area contributed by atoms with Crippen LogP contribution in [0.3, 0.4) is 0 Å². The highest BCUT2D eigenvalue weighted by Gasteiger charge is 2.28. The highest BCUT2D eigenvalue weighted by molar-refractivity contribution is 7.89. The van der Waals surface area contributed by atoms with Crippen LogP contribution < -0.4 is 4.72 Å². The van der Waals surface area contributed by atoms with Crippen molar-refractivity contribution in [3.8, 4) is 0 Å². The fourth-order valence-electron chi connectivity index (χ4n) is 1.95. The van der Waals surface area contributed by atoms with Crippen LogP contribution in [0.4, 0.5) is 0 Å². The Kier molecular flexibility index (Phi) is 3.03. The SMILES string of the molecule is Cc1[nH]ncc1S(=O)(=O)NC(C)C1CCC1. The molecular formula is C10H17N3O2S. The lowest BCUT2D eigenvalue weighted by Gasteiger charge is -2.31. The standard InChI is InChI=1S/C10H17N3O2S/c1-7(9-4-3-5-9)13-16(14,15)10-6-11-12-8(10)2/h6-7,9,13H,3-5H2,1-2H3,(H,11,12). The maximum Gasteiger partial charge on any atom is 0.244 e. The molecule has 5 nitrogen and oxygen atoms in total. The number of rotatable bonds is 4. The predicted molar refractivity (Wildman–Crippen MR) is 60.4 cm³/mol. The first kappa shape index (κ1) is 11.6. The zero-order valence-corrected chi connectivity index (χ0v) is 10.3. The van der Waals surface area contributed by atoms with Gasteiger partial charge in [-0.15, -0.1) is 0 Å². The quantitative estimate of drug-likeness (QED) is 0.834.